The van der Waals surface area contributed by atoms with Crippen LogP contribution in [0.5, 0.6) is 5.75 Å². The summed E-state index contributed by atoms with van der Waals surface area (Å²) in [7, 11) is 1.59. The highest BCUT2D eigenvalue weighted by atomic mass is 16.5. The Bertz CT molecular complexity index is 684. The maximum atomic E-state index is 13.6. The number of carbonyl (C=O) groups excluding carboxylic acids is 2. The average molecular weight is 387 g/mol. The molecule has 0 N–H and O–H groups in total. The van der Waals surface area contributed by atoms with Crippen molar-refractivity contribution >= 4 is 11.8 Å². The molecule has 1 saturated heterocycles. The summed E-state index contributed by atoms with van der Waals surface area (Å²) >= 11 is 0. The van der Waals surface area contributed by atoms with E-state index >= 15 is 0 Å². The van der Waals surface area contributed by atoms with Gasteiger partial charge in [-0.15, -0.1) is 0 Å². The van der Waals surface area contributed by atoms with E-state index in [1.165, 1.54) is 6.42 Å². The van der Waals surface area contributed by atoms with Crippen molar-refractivity contribution in [2.24, 2.45) is 5.92 Å². The van der Waals surface area contributed by atoms with E-state index < -0.39 is 0 Å². The van der Waals surface area contributed by atoms with Crippen molar-refractivity contribution in [1.29, 1.82) is 0 Å². The molecule has 1 aliphatic carbocycles. The van der Waals surface area contributed by atoms with Gasteiger partial charge in [0, 0.05) is 19.1 Å². The lowest BCUT2D eigenvalue weighted by atomic mass is 9.84. The number of nitrogens with zero attached hydrogens (tertiary/aromatic N) is 2. The van der Waals surface area contributed by atoms with Crippen LogP contribution in [0, 0.1) is 5.92 Å². The topological polar surface area (TPSA) is 49.9 Å². The zero-order valence-electron chi connectivity index (χ0n) is 17.5. The molecule has 1 saturated carbocycles. The molecular formula is C23H34N2O3. The predicted molar refractivity (Wildman–Crippen MR) is 110 cm³/mol. The lowest BCUT2D eigenvalue weighted by Gasteiger charge is -2.35. The Labute approximate surface area is 169 Å². The molecule has 2 aliphatic rings. The summed E-state index contributed by atoms with van der Waals surface area (Å²) in [4.78, 5) is 31.0. The molecule has 0 radical (unpaired) electrons. The first-order valence-electron chi connectivity index (χ1n) is 10.9. The third-order valence-electron chi connectivity index (χ3n) is 6.24. The minimum Gasteiger partial charge on any atom is -0.496 e. The van der Waals surface area contributed by atoms with Gasteiger partial charge in [-0.2, -0.15) is 0 Å². The molecule has 2 amide bonds. The maximum absolute atomic E-state index is 13.6. The van der Waals surface area contributed by atoms with Gasteiger partial charge >= 0.3 is 0 Å². The minimum absolute atomic E-state index is 0.0573. The van der Waals surface area contributed by atoms with Gasteiger partial charge in [0.2, 0.25) is 5.91 Å². The zero-order valence-corrected chi connectivity index (χ0v) is 17.5. The van der Waals surface area contributed by atoms with Crippen LogP contribution in [-0.4, -0.2) is 53.9 Å². The molecular weight excluding hydrogens is 352 g/mol. The smallest absolute Gasteiger partial charge is 0.258 e. The minimum atomic E-state index is -0.344. The van der Waals surface area contributed by atoms with Crippen LogP contribution in [-0.2, 0) is 4.79 Å². The van der Waals surface area contributed by atoms with Crippen molar-refractivity contribution in [3.05, 3.63) is 29.8 Å². The third kappa shape index (κ3) is 4.03. The van der Waals surface area contributed by atoms with Gasteiger partial charge in [-0.3, -0.25) is 9.59 Å². The van der Waals surface area contributed by atoms with Gasteiger partial charge in [0.05, 0.1) is 12.7 Å². The van der Waals surface area contributed by atoms with E-state index in [0.717, 1.165) is 51.6 Å². The second kappa shape index (κ2) is 9.44. The van der Waals surface area contributed by atoms with Gasteiger partial charge in [-0.05, 0) is 50.2 Å². The highest BCUT2D eigenvalue weighted by Crippen LogP contribution is 2.41. The molecule has 3 rings (SSSR count). The molecule has 0 aromatic heterocycles. The number of rotatable bonds is 7. The SMILES string of the molecule is CCCN(CCC)C(=O)C1CC2CCCCC2N1C(=O)c1ccccc1OC. The summed E-state index contributed by atoms with van der Waals surface area (Å²) < 4.78 is 5.44. The Kier molecular flexibility index (Phi) is 6.97. The van der Waals surface area contributed by atoms with Crippen LogP contribution in [0.25, 0.3) is 0 Å². The highest BCUT2D eigenvalue weighted by Gasteiger charge is 2.48. The fourth-order valence-corrected chi connectivity index (χ4v) is 5.02. The Hall–Kier alpha value is -2.04. The molecule has 1 heterocycles. The van der Waals surface area contributed by atoms with Crippen LogP contribution < -0.4 is 4.74 Å². The molecule has 0 spiro atoms. The quantitative estimate of drug-likeness (QED) is 0.708. The van der Waals surface area contributed by atoms with Crippen molar-refractivity contribution in [2.45, 2.75) is 70.9 Å². The zero-order chi connectivity index (χ0) is 20.1. The van der Waals surface area contributed by atoms with Crippen molar-refractivity contribution < 1.29 is 14.3 Å². The van der Waals surface area contributed by atoms with Gasteiger partial charge in [0.25, 0.3) is 5.91 Å². The molecule has 1 aliphatic heterocycles. The van der Waals surface area contributed by atoms with Gasteiger partial charge in [0.1, 0.15) is 11.8 Å². The van der Waals surface area contributed by atoms with Crippen molar-refractivity contribution in [1.82, 2.24) is 9.80 Å². The molecule has 5 nitrogen and oxygen atoms in total. The summed E-state index contributed by atoms with van der Waals surface area (Å²) in [6.07, 6.45) is 7.12. The number of ether oxygens (including phenoxy) is 1. The number of methoxy groups -OCH3 is 1. The first-order valence-corrected chi connectivity index (χ1v) is 10.9. The van der Waals surface area contributed by atoms with Crippen LogP contribution in [0.15, 0.2) is 24.3 Å². The molecule has 1 aromatic rings. The third-order valence-corrected chi connectivity index (χ3v) is 6.24. The lowest BCUT2D eigenvalue weighted by molar-refractivity contribution is -0.135. The van der Waals surface area contributed by atoms with E-state index in [4.69, 9.17) is 4.74 Å². The number of fused-ring (bicyclic) bond motifs is 1. The van der Waals surface area contributed by atoms with E-state index in [9.17, 15) is 9.59 Å². The van der Waals surface area contributed by atoms with Crippen LogP contribution in [0.2, 0.25) is 0 Å². The molecule has 154 valence electrons. The standard InChI is InChI=1S/C23H34N2O3/c1-4-14-24(15-5-2)23(27)20-16-17-10-6-8-12-19(17)25(20)22(26)18-11-7-9-13-21(18)28-3/h7,9,11,13,17,19-20H,4-6,8,10,12,14-16H2,1-3H3. The fourth-order valence-electron chi connectivity index (χ4n) is 5.02. The average Bonchev–Trinajstić information content (AvgIpc) is 3.12. The monoisotopic (exact) mass is 386 g/mol. The number of hydrogen-bond donors (Lipinski definition) is 0. The molecule has 3 atom stereocenters. The first-order chi connectivity index (χ1) is 13.6. The normalized spacial score (nSPS) is 24.0. The Morgan fingerprint density at radius 1 is 1.11 bits per heavy atom. The molecule has 0 bridgehead atoms. The first kappa shape index (κ1) is 20.7. The van der Waals surface area contributed by atoms with E-state index in [1.54, 1.807) is 7.11 Å². The highest BCUT2D eigenvalue weighted by molar-refractivity contribution is 6.00. The second-order valence-corrected chi connectivity index (χ2v) is 8.10. The van der Waals surface area contributed by atoms with E-state index in [0.29, 0.717) is 17.2 Å². The number of carbonyl (C=O) groups is 2. The number of para-hydroxylation sites is 1. The Morgan fingerprint density at radius 3 is 2.46 bits per heavy atom. The summed E-state index contributed by atoms with van der Waals surface area (Å²) in [6, 6.07) is 7.19. The fraction of sp³-hybridized carbons (Fsp3) is 0.652. The summed E-state index contributed by atoms with van der Waals surface area (Å²) in [5, 5.41) is 0. The molecule has 2 fully saturated rings. The summed E-state index contributed by atoms with van der Waals surface area (Å²) in [6.45, 7) is 5.72. The Balaban J connectivity index is 1.93. The van der Waals surface area contributed by atoms with Crippen LogP contribution in [0.1, 0.15) is 69.2 Å². The molecule has 28 heavy (non-hydrogen) atoms. The molecule has 3 unspecified atom stereocenters. The maximum Gasteiger partial charge on any atom is 0.258 e. The van der Waals surface area contributed by atoms with E-state index in [2.05, 4.69) is 13.8 Å². The largest absolute Gasteiger partial charge is 0.496 e. The Morgan fingerprint density at radius 2 is 1.79 bits per heavy atom. The van der Waals surface area contributed by atoms with Crippen LogP contribution in [0.4, 0.5) is 0 Å². The van der Waals surface area contributed by atoms with Gasteiger partial charge < -0.3 is 14.5 Å². The van der Waals surface area contributed by atoms with Gasteiger partial charge in [-0.25, -0.2) is 0 Å². The lowest BCUT2D eigenvalue weighted by Crippen LogP contribution is -2.51. The van der Waals surface area contributed by atoms with Crippen LogP contribution >= 0.6 is 0 Å². The van der Waals surface area contributed by atoms with Crippen molar-refractivity contribution in [2.75, 3.05) is 20.2 Å². The van der Waals surface area contributed by atoms with E-state index in [1.807, 2.05) is 34.1 Å². The van der Waals surface area contributed by atoms with Crippen molar-refractivity contribution in [3.8, 4) is 5.75 Å². The summed E-state index contributed by atoms with van der Waals surface area (Å²) in [5.41, 5.74) is 0.562. The number of hydrogen-bond acceptors (Lipinski definition) is 3. The molecule has 5 heteroatoms. The number of amides is 2. The van der Waals surface area contributed by atoms with Gasteiger partial charge in [0.15, 0.2) is 0 Å². The summed E-state index contributed by atoms with van der Waals surface area (Å²) in [5.74, 6) is 1.09. The van der Waals surface area contributed by atoms with Crippen molar-refractivity contribution in [3.63, 3.8) is 0 Å². The number of benzene rings is 1. The number of likely N-dealkylation sites (tertiary alicyclic amines) is 1. The van der Waals surface area contributed by atoms with Gasteiger partial charge in [-0.1, -0.05) is 38.8 Å². The van der Waals surface area contributed by atoms with E-state index in [-0.39, 0.29) is 23.9 Å². The van der Waals surface area contributed by atoms with Crippen LogP contribution in [0.3, 0.4) is 0 Å². The molecule has 1 aromatic carbocycles. The second-order valence-electron chi connectivity index (χ2n) is 8.10. The predicted octanol–water partition coefficient (Wildman–Crippen LogP) is 4.12.